The van der Waals surface area contributed by atoms with Gasteiger partial charge in [0.1, 0.15) is 29.5 Å². The number of hydrogen-bond acceptors (Lipinski definition) is 8. The number of fused-ring (bicyclic) bond motifs is 1. The minimum atomic E-state index is -0.484. The molecule has 2 aromatic carbocycles. The number of nitrogens with zero attached hydrogens (tertiary/aromatic N) is 2. The van der Waals surface area contributed by atoms with Crippen molar-refractivity contribution in [3.63, 3.8) is 0 Å². The second kappa shape index (κ2) is 10.3. The number of amides is 2. The number of likely N-dealkylation sites (tertiary alicyclic amines) is 1. The van der Waals surface area contributed by atoms with E-state index >= 15 is 0 Å². The summed E-state index contributed by atoms with van der Waals surface area (Å²) in [7, 11) is 1.63. The summed E-state index contributed by atoms with van der Waals surface area (Å²) in [5.41, 5.74) is 2.15. The number of oxime groups is 1. The Morgan fingerprint density at radius 2 is 1.92 bits per heavy atom. The molecule has 2 fully saturated rings. The number of carbonyl (C=O) groups excluding carboxylic acids is 2. The van der Waals surface area contributed by atoms with Crippen LogP contribution in [0.15, 0.2) is 47.6 Å². The SMILES string of the molecule is COc1ccc(CON=C2CCOc3cc(OCC(=O)N4CCC5(CC4)CNC(=O)O5)ccc32)cc1. The molecule has 0 bridgehead atoms. The molecule has 36 heavy (non-hydrogen) atoms. The molecule has 3 heterocycles. The van der Waals surface area contributed by atoms with Crippen LogP contribution in [0.3, 0.4) is 0 Å². The highest BCUT2D eigenvalue weighted by Crippen LogP contribution is 2.31. The molecule has 3 aliphatic rings. The highest BCUT2D eigenvalue weighted by atomic mass is 16.6. The third-order valence-electron chi connectivity index (χ3n) is 6.68. The second-order valence-electron chi connectivity index (χ2n) is 9.01. The van der Waals surface area contributed by atoms with Gasteiger partial charge in [0.05, 0.1) is 26.0 Å². The number of methoxy groups -OCH3 is 1. The lowest BCUT2D eigenvalue weighted by Gasteiger charge is -2.37. The molecule has 10 heteroatoms. The number of benzene rings is 2. The lowest BCUT2D eigenvalue weighted by atomic mass is 9.91. The monoisotopic (exact) mass is 495 g/mol. The van der Waals surface area contributed by atoms with Crippen molar-refractivity contribution in [3.8, 4) is 17.2 Å². The zero-order chi connectivity index (χ0) is 25.0. The van der Waals surface area contributed by atoms with Crippen LogP contribution < -0.4 is 19.5 Å². The molecule has 3 aliphatic heterocycles. The van der Waals surface area contributed by atoms with Gasteiger partial charge in [-0.05, 0) is 29.8 Å². The molecule has 10 nitrogen and oxygen atoms in total. The normalized spacial score (nSPS) is 19.2. The average Bonchev–Trinajstić information content (AvgIpc) is 3.27. The number of hydrogen-bond donors (Lipinski definition) is 1. The second-order valence-corrected chi connectivity index (χ2v) is 9.01. The summed E-state index contributed by atoms with van der Waals surface area (Å²) < 4.78 is 22.1. The Morgan fingerprint density at radius 3 is 2.64 bits per heavy atom. The molecule has 190 valence electrons. The van der Waals surface area contributed by atoms with E-state index in [2.05, 4.69) is 10.5 Å². The molecule has 1 spiro atoms. The highest BCUT2D eigenvalue weighted by molar-refractivity contribution is 6.03. The summed E-state index contributed by atoms with van der Waals surface area (Å²) in [5, 5.41) is 7.03. The van der Waals surface area contributed by atoms with E-state index in [-0.39, 0.29) is 18.6 Å². The topological polar surface area (TPSA) is 108 Å². The first-order valence-corrected chi connectivity index (χ1v) is 12.0. The zero-order valence-electron chi connectivity index (χ0n) is 20.2. The fourth-order valence-electron chi connectivity index (χ4n) is 4.52. The van der Waals surface area contributed by atoms with Crippen LogP contribution in [0.25, 0.3) is 0 Å². The van der Waals surface area contributed by atoms with E-state index in [1.54, 1.807) is 24.1 Å². The van der Waals surface area contributed by atoms with Gasteiger partial charge < -0.3 is 34.0 Å². The van der Waals surface area contributed by atoms with Gasteiger partial charge in [0.25, 0.3) is 5.91 Å². The number of rotatable bonds is 7. The molecule has 0 radical (unpaired) electrons. The third kappa shape index (κ3) is 5.32. The van der Waals surface area contributed by atoms with E-state index in [0.717, 1.165) is 22.6 Å². The molecular formula is C26H29N3O7. The molecule has 0 aromatic heterocycles. The van der Waals surface area contributed by atoms with Crippen molar-refractivity contribution in [2.75, 3.05) is 40.0 Å². The van der Waals surface area contributed by atoms with Crippen molar-refractivity contribution < 1.29 is 33.4 Å². The molecule has 2 saturated heterocycles. The molecule has 2 amide bonds. The van der Waals surface area contributed by atoms with Gasteiger partial charge in [-0.1, -0.05) is 17.3 Å². The molecule has 0 aliphatic carbocycles. The molecular weight excluding hydrogens is 466 g/mol. The molecule has 0 unspecified atom stereocenters. The van der Waals surface area contributed by atoms with Gasteiger partial charge in [0, 0.05) is 44.0 Å². The van der Waals surface area contributed by atoms with Gasteiger partial charge in [-0.15, -0.1) is 0 Å². The Balaban J connectivity index is 1.13. The lowest BCUT2D eigenvalue weighted by molar-refractivity contribution is -0.136. The largest absolute Gasteiger partial charge is 0.497 e. The third-order valence-corrected chi connectivity index (χ3v) is 6.68. The summed E-state index contributed by atoms with van der Waals surface area (Å²) in [4.78, 5) is 31.4. The maximum atomic E-state index is 12.7. The number of ether oxygens (including phenoxy) is 4. The van der Waals surface area contributed by atoms with E-state index in [4.69, 9.17) is 23.8 Å². The van der Waals surface area contributed by atoms with Crippen LogP contribution in [-0.2, 0) is 21.0 Å². The van der Waals surface area contributed by atoms with Crippen molar-refractivity contribution in [1.82, 2.24) is 10.2 Å². The molecule has 5 rings (SSSR count). The minimum Gasteiger partial charge on any atom is -0.497 e. The smallest absolute Gasteiger partial charge is 0.407 e. The predicted molar refractivity (Wildman–Crippen MR) is 129 cm³/mol. The van der Waals surface area contributed by atoms with Crippen molar-refractivity contribution in [1.29, 1.82) is 0 Å². The summed E-state index contributed by atoms with van der Waals surface area (Å²) in [5.74, 6) is 1.88. The van der Waals surface area contributed by atoms with Crippen LogP contribution in [0.4, 0.5) is 4.79 Å². The molecule has 2 aromatic rings. The first-order chi connectivity index (χ1) is 17.5. The maximum Gasteiger partial charge on any atom is 0.407 e. The van der Waals surface area contributed by atoms with Crippen LogP contribution >= 0.6 is 0 Å². The van der Waals surface area contributed by atoms with Crippen LogP contribution in [0.5, 0.6) is 17.2 Å². The number of alkyl carbamates (subject to hydrolysis) is 1. The van der Waals surface area contributed by atoms with Crippen LogP contribution in [-0.4, -0.2) is 68.2 Å². The number of nitrogens with one attached hydrogen (secondary N) is 1. The van der Waals surface area contributed by atoms with Gasteiger partial charge in [-0.2, -0.15) is 0 Å². The fourth-order valence-corrected chi connectivity index (χ4v) is 4.52. The summed E-state index contributed by atoms with van der Waals surface area (Å²) >= 11 is 0. The van der Waals surface area contributed by atoms with Crippen molar-refractivity contribution in [2.24, 2.45) is 5.16 Å². The number of carbonyl (C=O) groups is 2. The van der Waals surface area contributed by atoms with Crippen LogP contribution in [0.1, 0.15) is 30.4 Å². The Bertz CT molecular complexity index is 1140. The lowest BCUT2D eigenvalue weighted by Crippen LogP contribution is -2.49. The molecule has 0 atom stereocenters. The summed E-state index contributed by atoms with van der Waals surface area (Å²) in [6.45, 7) is 2.31. The van der Waals surface area contributed by atoms with Crippen LogP contribution in [0.2, 0.25) is 0 Å². The van der Waals surface area contributed by atoms with Crippen molar-refractivity contribution in [3.05, 3.63) is 53.6 Å². The van der Waals surface area contributed by atoms with Crippen LogP contribution in [0, 0.1) is 0 Å². The van der Waals surface area contributed by atoms with E-state index in [0.29, 0.717) is 63.6 Å². The summed E-state index contributed by atoms with van der Waals surface area (Å²) in [6, 6.07) is 13.1. The Labute approximate surface area is 209 Å². The molecule has 0 saturated carbocycles. The summed E-state index contributed by atoms with van der Waals surface area (Å²) in [6.07, 6.45) is 1.49. The zero-order valence-corrected chi connectivity index (χ0v) is 20.2. The number of piperidine rings is 1. The first-order valence-electron chi connectivity index (χ1n) is 12.0. The standard InChI is InChI=1S/C26H29N3O7/c1-32-19-4-2-18(3-5-19)15-35-28-22-8-13-33-23-14-20(6-7-21(22)23)34-16-24(30)29-11-9-26(10-12-29)17-27-25(31)36-26/h2-7,14H,8-13,15-17H2,1H3,(H,27,31). The van der Waals surface area contributed by atoms with Gasteiger partial charge in [-0.3, -0.25) is 4.79 Å². The van der Waals surface area contributed by atoms with Crippen molar-refractivity contribution >= 4 is 17.7 Å². The van der Waals surface area contributed by atoms with Gasteiger partial charge >= 0.3 is 6.09 Å². The Morgan fingerprint density at radius 1 is 1.14 bits per heavy atom. The van der Waals surface area contributed by atoms with Gasteiger partial charge in [0.2, 0.25) is 0 Å². The van der Waals surface area contributed by atoms with E-state index in [1.165, 1.54) is 0 Å². The van der Waals surface area contributed by atoms with Gasteiger partial charge in [-0.25, -0.2) is 4.79 Å². The van der Waals surface area contributed by atoms with E-state index < -0.39 is 5.60 Å². The minimum absolute atomic E-state index is 0.0737. The average molecular weight is 496 g/mol. The van der Waals surface area contributed by atoms with Crippen molar-refractivity contribution in [2.45, 2.75) is 31.5 Å². The predicted octanol–water partition coefficient (Wildman–Crippen LogP) is 2.88. The fraction of sp³-hybridized carbons (Fsp3) is 0.423. The maximum absolute atomic E-state index is 12.7. The van der Waals surface area contributed by atoms with E-state index in [9.17, 15) is 9.59 Å². The first kappa shape index (κ1) is 23.8. The highest BCUT2D eigenvalue weighted by Gasteiger charge is 2.43. The van der Waals surface area contributed by atoms with E-state index in [1.807, 2.05) is 30.3 Å². The Hall–Kier alpha value is -3.95. The molecule has 1 N–H and O–H groups in total. The quantitative estimate of drug-likeness (QED) is 0.589. The Kier molecular flexibility index (Phi) is 6.84. The van der Waals surface area contributed by atoms with Gasteiger partial charge in [0.15, 0.2) is 6.61 Å².